The average Bonchev–Trinajstić information content (AvgIpc) is 2.77. The Bertz CT molecular complexity index is 459. The monoisotopic (exact) mass is 466 g/mol. The first-order chi connectivity index (χ1) is 15.5. The van der Waals surface area contributed by atoms with Crippen LogP contribution in [0.4, 0.5) is 4.79 Å². The Hall–Kier alpha value is -1.54. The van der Waals surface area contributed by atoms with E-state index in [1.807, 2.05) is 7.05 Å². The van der Waals surface area contributed by atoms with Crippen LogP contribution in [0.25, 0.3) is 0 Å². The molecule has 0 aromatic carbocycles. The third-order valence-electron chi connectivity index (χ3n) is 3.99. The van der Waals surface area contributed by atoms with Crippen molar-refractivity contribution in [3.8, 4) is 0 Å². The highest BCUT2D eigenvalue weighted by Gasteiger charge is 2.11. The molecule has 0 radical (unpaired) electrons. The number of aliphatic hydroxyl groups excluding tert-OH is 2. The maximum Gasteiger partial charge on any atom is 0.407 e. The van der Waals surface area contributed by atoms with Crippen LogP contribution in [0.5, 0.6) is 0 Å². The van der Waals surface area contributed by atoms with E-state index in [0.29, 0.717) is 39.1 Å². The molecule has 0 rings (SSSR count). The van der Waals surface area contributed by atoms with E-state index in [0.717, 1.165) is 26.2 Å². The van der Waals surface area contributed by atoms with Crippen LogP contribution in [0.2, 0.25) is 0 Å². The molecule has 6 N–H and O–H groups in total. The first-order valence-corrected chi connectivity index (χ1v) is 11.1. The molecule has 12 heteroatoms. The van der Waals surface area contributed by atoms with Gasteiger partial charge < -0.3 is 50.4 Å². The van der Waals surface area contributed by atoms with Crippen molar-refractivity contribution in [1.82, 2.24) is 21.3 Å². The van der Waals surface area contributed by atoms with Gasteiger partial charge in [0, 0.05) is 59.4 Å². The number of esters is 1. The Morgan fingerprint density at radius 3 is 2.06 bits per heavy atom. The predicted molar refractivity (Wildman–Crippen MR) is 119 cm³/mol. The van der Waals surface area contributed by atoms with Crippen LogP contribution in [0, 0.1) is 0 Å². The van der Waals surface area contributed by atoms with E-state index in [1.54, 1.807) is 0 Å². The minimum Gasteiger partial charge on any atom is -0.458 e. The zero-order chi connectivity index (χ0) is 23.9. The minimum absolute atomic E-state index is 0.0648. The molecule has 0 aliphatic carbocycles. The number of alkyl carbamates (subject to hydrolysis) is 1. The van der Waals surface area contributed by atoms with Crippen LogP contribution >= 0.6 is 0 Å². The van der Waals surface area contributed by atoms with Crippen molar-refractivity contribution in [1.29, 1.82) is 0 Å². The van der Waals surface area contributed by atoms with Gasteiger partial charge >= 0.3 is 12.1 Å². The molecule has 12 nitrogen and oxygen atoms in total. The van der Waals surface area contributed by atoms with E-state index < -0.39 is 24.3 Å². The van der Waals surface area contributed by atoms with Crippen LogP contribution in [0.15, 0.2) is 0 Å². The van der Waals surface area contributed by atoms with Crippen molar-refractivity contribution in [2.75, 3.05) is 86.0 Å². The van der Waals surface area contributed by atoms with Gasteiger partial charge in [0.05, 0.1) is 19.8 Å². The number of nitrogens with one attached hydrogen (secondary N) is 4. The first-order valence-electron chi connectivity index (χ1n) is 11.1. The van der Waals surface area contributed by atoms with E-state index in [-0.39, 0.29) is 26.4 Å². The van der Waals surface area contributed by atoms with Gasteiger partial charge in [-0.3, -0.25) is 4.79 Å². The summed E-state index contributed by atoms with van der Waals surface area (Å²) in [7, 11) is 1.91. The normalized spacial score (nSPS) is 12.9. The van der Waals surface area contributed by atoms with E-state index >= 15 is 0 Å². The molecule has 0 bridgehead atoms. The molecule has 0 heterocycles. The lowest BCUT2D eigenvalue weighted by molar-refractivity contribution is -0.152. The van der Waals surface area contributed by atoms with Crippen LogP contribution in [0.3, 0.4) is 0 Å². The highest BCUT2D eigenvalue weighted by Crippen LogP contribution is 1.97. The Morgan fingerprint density at radius 1 is 0.875 bits per heavy atom. The quantitative estimate of drug-likeness (QED) is 0.0790. The van der Waals surface area contributed by atoms with Crippen molar-refractivity contribution in [2.24, 2.45) is 0 Å². The molecule has 1 amide bonds. The number of hydrogen-bond donors (Lipinski definition) is 6. The zero-order valence-electron chi connectivity index (χ0n) is 19.4. The SMILES string of the molecule is CNCCNCCNCCNC(=O)OCC(O)COCCCCOCC(CO)OC(C)=O. The lowest BCUT2D eigenvalue weighted by atomic mass is 10.3. The fourth-order valence-electron chi connectivity index (χ4n) is 2.37. The summed E-state index contributed by atoms with van der Waals surface area (Å²) in [6, 6.07) is 0. The van der Waals surface area contributed by atoms with Gasteiger partial charge in [-0.15, -0.1) is 0 Å². The summed E-state index contributed by atoms with van der Waals surface area (Å²) in [5.41, 5.74) is 0. The standard InChI is InChI=1S/C20H42N4O8/c1-17(26)32-19(13-25)16-30-12-4-3-11-29-14-18(27)15-31-20(28)24-10-9-23-8-7-22-6-5-21-2/h18-19,21-23,25,27H,3-16H2,1-2H3,(H,24,28). The van der Waals surface area contributed by atoms with Crippen molar-refractivity contribution in [2.45, 2.75) is 32.0 Å². The number of likely N-dealkylation sites (N-methyl/N-ethyl adjacent to an activating group) is 1. The number of amides is 1. The number of hydrogen-bond acceptors (Lipinski definition) is 11. The summed E-state index contributed by atoms with van der Waals surface area (Å²) in [6.45, 7) is 6.47. The van der Waals surface area contributed by atoms with Crippen molar-refractivity contribution < 1.29 is 38.7 Å². The second-order valence-corrected chi connectivity index (χ2v) is 7.05. The minimum atomic E-state index is -0.896. The third-order valence-corrected chi connectivity index (χ3v) is 3.99. The van der Waals surface area contributed by atoms with Gasteiger partial charge in [-0.2, -0.15) is 0 Å². The summed E-state index contributed by atoms with van der Waals surface area (Å²) in [5.74, 6) is -0.461. The fraction of sp³-hybridized carbons (Fsp3) is 0.900. The molecular weight excluding hydrogens is 424 g/mol. The summed E-state index contributed by atoms with van der Waals surface area (Å²) in [4.78, 5) is 22.4. The summed E-state index contributed by atoms with van der Waals surface area (Å²) in [5, 5.41) is 30.9. The van der Waals surface area contributed by atoms with Crippen LogP contribution in [-0.4, -0.2) is 120 Å². The van der Waals surface area contributed by atoms with E-state index in [1.165, 1.54) is 6.92 Å². The Morgan fingerprint density at radius 2 is 1.47 bits per heavy atom. The summed E-state index contributed by atoms with van der Waals surface area (Å²) >= 11 is 0. The molecule has 2 atom stereocenters. The van der Waals surface area contributed by atoms with Gasteiger partial charge in [0.1, 0.15) is 18.8 Å². The largest absolute Gasteiger partial charge is 0.458 e. The predicted octanol–water partition coefficient (Wildman–Crippen LogP) is -1.79. The smallest absolute Gasteiger partial charge is 0.407 e. The lowest BCUT2D eigenvalue weighted by Gasteiger charge is -2.14. The van der Waals surface area contributed by atoms with Gasteiger partial charge in [-0.05, 0) is 19.9 Å². The second-order valence-electron chi connectivity index (χ2n) is 7.05. The highest BCUT2D eigenvalue weighted by atomic mass is 16.6. The van der Waals surface area contributed by atoms with Gasteiger partial charge in [0.25, 0.3) is 0 Å². The number of carbonyl (C=O) groups is 2. The van der Waals surface area contributed by atoms with Gasteiger partial charge in [0.2, 0.25) is 0 Å². The molecule has 190 valence electrons. The second kappa shape index (κ2) is 22.6. The number of aliphatic hydroxyl groups is 2. The van der Waals surface area contributed by atoms with Crippen molar-refractivity contribution in [3.05, 3.63) is 0 Å². The van der Waals surface area contributed by atoms with Gasteiger partial charge in [-0.1, -0.05) is 0 Å². The van der Waals surface area contributed by atoms with Crippen molar-refractivity contribution >= 4 is 12.1 Å². The third kappa shape index (κ3) is 21.7. The van der Waals surface area contributed by atoms with E-state index in [9.17, 15) is 14.7 Å². The maximum absolute atomic E-state index is 11.6. The Balaban J connectivity index is 3.43. The number of unbranched alkanes of at least 4 members (excludes halogenated alkanes) is 1. The average molecular weight is 467 g/mol. The molecule has 2 unspecified atom stereocenters. The molecule has 0 aromatic heterocycles. The first kappa shape index (κ1) is 30.5. The molecule has 32 heavy (non-hydrogen) atoms. The van der Waals surface area contributed by atoms with E-state index in [2.05, 4.69) is 21.3 Å². The summed E-state index contributed by atoms with van der Waals surface area (Å²) in [6.07, 6.45) is -0.697. The molecular formula is C20H42N4O8. The topological polar surface area (TPSA) is 160 Å². The van der Waals surface area contributed by atoms with Crippen LogP contribution < -0.4 is 21.3 Å². The molecule has 0 saturated carbocycles. The van der Waals surface area contributed by atoms with Gasteiger partial charge in [0.15, 0.2) is 0 Å². The molecule has 0 spiro atoms. The molecule has 0 aromatic rings. The summed E-state index contributed by atoms with van der Waals surface area (Å²) < 4.78 is 20.5. The molecule has 0 aliphatic heterocycles. The molecule has 0 saturated heterocycles. The molecule has 0 fully saturated rings. The van der Waals surface area contributed by atoms with Crippen molar-refractivity contribution in [3.63, 3.8) is 0 Å². The number of ether oxygens (including phenoxy) is 4. The maximum atomic E-state index is 11.6. The lowest BCUT2D eigenvalue weighted by Crippen LogP contribution is -2.37. The molecule has 0 aliphatic rings. The number of carbonyl (C=O) groups excluding carboxylic acids is 2. The Kier molecular flexibility index (Phi) is 21.6. The van der Waals surface area contributed by atoms with E-state index in [4.69, 9.17) is 24.1 Å². The van der Waals surface area contributed by atoms with Crippen LogP contribution in [0.1, 0.15) is 19.8 Å². The van der Waals surface area contributed by atoms with Crippen LogP contribution in [-0.2, 0) is 23.7 Å². The fourth-order valence-corrected chi connectivity index (χ4v) is 2.37. The van der Waals surface area contributed by atoms with Gasteiger partial charge in [-0.25, -0.2) is 4.79 Å². The number of rotatable bonds is 22. The highest BCUT2D eigenvalue weighted by molar-refractivity contribution is 5.67. The zero-order valence-corrected chi connectivity index (χ0v) is 19.4. The Labute approximate surface area is 190 Å².